The van der Waals surface area contributed by atoms with Gasteiger partial charge in [0.1, 0.15) is 5.75 Å². The lowest BCUT2D eigenvalue weighted by Gasteiger charge is -2.20. The lowest BCUT2D eigenvalue weighted by atomic mass is 10.2. The Morgan fingerprint density at radius 1 is 1.25 bits per heavy atom. The van der Waals surface area contributed by atoms with Gasteiger partial charge in [0.2, 0.25) is 10.0 Å². The van der Waals surface area contributed by atoms with Crippen molar-refractivity contribution in [2.24, 2.45) is 0 Å². The Labute approximate surface area is 121 Å². The van der Waals surface area contributed by atoms with Crippen LogP contribution < -0.4 is 4.74 Å². The number of aliphatic hydroxyl groups excluding tert-OH is 1. The third kappa shape index (κ3) is 3.71. The van der Waals surface area contributed by atoms with E-state index in [1.54, 1.807) is 6.07 Å². The van der Waals surface area contributed by atoms with Crippen LogP contribution in [0.25, 0.3) is 0 Å². The lowest BCUT2D eigenvalue weighted by molar-refractivity contribution is 0.266. The van der Waals surface area contributed by atoms with Crippen LogP contribution in [0.5, 0.6) is 5.75 Å². The number of ether oxygens (including phenoxy) is 1. The van der Waals surface area contributed by atoms with Crippen LogP contribution >= 0.6 is 0 Å². The van der Waals surface area contributed by atoms with E-state index in [1.807, 2.05) is 20.8 Å². The van der Waals surface area contributed by atoms with Gasteiger partial charge in [-0.1, -0.05) is 13.8 Å². The first-order chi connectivity index (χ1) is 9.51. The Bertz CT molecular complexity index is 528. The highest BCUT2D eigenvalue weighted by atomic mass is 32.2. The second-order valence-electron chi connectivity index (χ2n) is 4.36. The monoisotopic (exact) mass is 301 g/mol. The molecule has 0 bridgehead atoms. The van der Waals surface area contributed by atoms with Crippen molar-refractivity contribution in [2.75, 3.05) is 19.7 Å². The highest BCUT2D eigenvalue weighted by Gasteiger charge is 2.23. The molecule has 0 aliphatic heterocycles. The average Bonchev–Trinajstić information content (AvgIpc) is 2.45. The topological polar surface area (TPSA) is 66.8 Å². The zero-order valence-corrected chi connectivity index (χ0v) is 13.1. The molecular formula is C14H23NO4S. The minimum Gasteiger partial charge on any atom is -0.494 e. The van der Waals surface area contributed by atoms with Crippen molar-refractivity contribution in [1.82, 2.24) is 4.31 Å². The summed E-state index contributed by atoms with van der Waals surface area (Å²) in [5.41, 5.74) is 0.487. The molecule has 0 unspecified atom stereocenters. The van der Waals surface area contributed by atoms with Gasteiger partial charge in [0, 0.05) is 18.7 Å². The standard InChI is InChI=1S/C14H23NO4S/c1-4-9-15(5-2)20(17,18)13-7-8-14(19-6-3)12(10-13)11-16/h7-8,10,16H,4-6,9,11H2,1-3H3. The van der Waals surface area contributed by atoms with Crippen LogP contribution in [0.3, 0.4) is 0 Å². The molecule has 0 aliphatic rings. The van der Waals surface area contributed by atoms with Crippen LogP contribution in [0.1, 0.15) is 32.8 Å². The van der Waals surface area contributed by atoms with E-state index in [1.165, 1.54) is 16.4 Å². The van der Waals surface area contributed by atoms with Gasteiger partial charge in [0.25, 0.3) is 0 Å². The Hall–Kier alpha value is -1.11. The first-order valence-electron chi connectivity index (χ1n) is 6.87. The fraction of sp³-hybridized carbons (Fsp3) is 0.571. The number of benzene rings is 1. The molecule has 0 saturated heterocycles. The maximum absolute atomic E-state index is 12.5. The van der Waals surface area contributed by atoms with Crippen molar-refractivity contribution < 1.29 is 18.3 Å². The summed E-state index contributed by atoms with van der Waals surface area (Å²) >= 11 is 0. The van der Waals surface area contributed by atoms with Crippen LogP contribution in [0.15, 0.2) is 23.1 Å². The van der Waals surface area contributed by atoms with E-state index in [9.17, 15) is 13.5 Å². The molecule has 0 aromatic heterocycles. The normalized spacial score (nSPS) is 11.8. The number of nitrogens with zero attached hydrogens (tertiary/aromatic N) is 1. The molecule has 1 N–H and O–H groups in total. The summed E-state index contributed by atoms with van der Waals surface area (Å²) in [6.07, 6.45) is 0.761. The SMILES string of the molecule is CCCN(CC)S(=O)(=O)c1ccc(OCC)c(CO)c1. The van der Waals surface area contributed by atoms with Crippen LogP contribution in [0, 0.1) is 0 Å². The van der Waals surface area contributed by atoms with Crippen LogP contribution in [-0.2, 0) is 16.6 Å². The van der Waals surface area contributed by atoms with E-state index >= 15 is 0 Å². The van der Waals surface area contributed by atoms with Gasteiger partial charge >= 0.3 is 0 Å². The molecule has 0 spiro atoms. The number of hydrogen-bond acceptors (Lipinski definition) is 4. The molecule has 0 fully saturated rings. The van der Waals surface area contributed by atoms with Gasteiger partial charge in [-0.05, 0) is 31.5 Å². The third-order valence-electron chi connectivity index (χ3n) is 2.97. The molecule has 1 rings (SSSR count). The first kappa shape index (κ1) is 16.9. The zero-order chi connectivity index (χ0) is 15.2. The Kier molecular flexibility index (Phi) is 6.45. The van der Waals surface area contributed by atoms with Crippen LogP contribution in [0.4, 0.5) is 0 Å². The van der Waals surface area contributed by atoms with Gasteiger partial charge < -0.3 is 9.84 Å². The van der Waals surface area contributed by atoms with Crippen molar-refractivity contribution >= 4 is 10.0 Å². The molecule has 5 nitrogen and oxygen atoms in total. The van der Waals surface area contributed by atoms with Crippen molar-refractivity contribution in [2.45, 2.75) is 38.7 Å². The third-order valence-corrected chi connectivity index (χ3v) is 4.94. The second-order valence-corrected chi connectivity index (χ2v) is 6.30. The Morgan fingerprint density at radius 2 is 1.95 bits per heavy atom. The maximum Gasteiger partial charge on any atom is 0.243 e. The van der Waals surface area contributed by atoms with E-state index in [0.717, 1.165) is 6.42 Å². The van der Waals surface area contributed by atoms with Crippen molar-refractivity contribution in [3.8, 4) is 5.75 Å². The van der Waals surface area contributed by atoms with Gasteiger partial charge in [0.05, 0.1) is 18.1 Å². The molecule has 0 heterocycles. The molecular weight excluding hydrogens is 278 g/mol. The molecule has 0 radical (unpaired) electrons. The second kappa shape index (κ2) is 7.61. The predicted molar refractivity (Wildman–Crippen MR) is 78.3 cm³/mol. The quantitative estimate of drug-likeness (QED) is 0.797. The van der Waals surface area contributed by atoms with Crippen LogP contribution in [0.2, 0.25) is 0 Å². The van der Waals surface area contributed by atoms with Gasteiger partial charge in [0.15, 0.2) is 0 Å². The summed E-state index contributed by atoms with van der Waals surface area (Å²) in [7, 11) is -3.51. The van der Waals surface area contributed by atoms with E-state index in [0.29, 0.717) is 31.0 Å². The molecule has 20 heavy (non-hydrogen) atoms. The fourth-order valence-corrected chi connectivity index (χ4v) is 3.58. The van der Waals surface area contributed by atoms with Crippen LogP contribution in [-0.4, -0.2) is 37.5 Å². The summed E-state index contributed by atoms with van der Waals surface area (Å²) in [6.45, 7) is 6.73. The molecule has 0 saturated carbocycles. The summed E-state index contributed by atoms with van der Waals surface area (Å²) in [5.74, 6) is 0.521. The molecule has 1 aromatic carbocycles. The maximum atomic E-state index is 12.5. The van der Waals surface area contributed by atoms with Gasteiger partial charge in [-0.3, -0.25) is 0 Å². The molecule has 0 amide bonds. The van der Waals surface area contributed by atoms with Gasteiger partial charge in [-0.2, -0.15) is 4.31 Å². The van der Waals surface area contributed by atoms with E-state index in [-0.39, 0.29) is 11.5 Å². The molecule has 1 aromatic rings. The summed E-state index contributed by atoms with van der Waals surface area (Å²) < 4.78 is 31.8. The van der Waals surface area contributed by atoms with E-state index in [4.69, 9.17) is 4.74 Å². The largest absolute Gasteiger partial charge is 0.494 e. The Morgan fingerprint density at radius 3 is 2.45 bits per heavy atom. The van der Waals surface area contributed by atoms with Gasteiger partial charge in [-0.15, -0.1) is 0 Å². The number of sulfonamides is 1. The Balaban J connectivity index is 3.18. The highest BCUT2D eigenvalue weighted by molar-refractivity contribution is 7.89. The van der Waals surface area contributed by atoms with Crippen molar-refractivity contribution in [3.63, 3.8) is 0 Å². The predicted octanol–water partition coefficient (Wildman–Crippen LogP) is 2.00. The summed E-state index contributed by atoms with van der Waals surface area (Å²) in [4.78, 5) is 0.195. The number of rotatable bonds is 8. The van der Waals surface area contributed by atoms with E-state index < -0.39 is 10.0 Å². The average molecular weight is 301 g/mol. The lowest BCUT2D eigenvalue weighted by Crippen LogP contribution is -2.31. The fourth-order valence-electron chi connectivity index (χ4n) is 1.98. The minimum atomic E-state index is -3.51. The van der Waals surface area contributed by atoms with Gasteiger partial charge in [-0.25, -0.2) is 8.42 Å². The highest BCUT2D eigenvalue weighted by Crippen LogP contribution is 2.25. The smallest absolute Gasteiger partial charge is 0.243 e. The molecule has 6 heteroatoms. The number of aliphatic hydroxyl groups is 1. The zero-order valence-electron chi connectivity index (χ0n) is 12.3. The van der Waals surface area contributed by atoms with Crippen molar-refractivity contribution in [3.05, 3.63) is 23.8 Å². The molecule has 114 valence electrons. The van der Waals surface area contributed by atoms with E-state index in [2.05, 4.69) is 0 Å². The molecule has 0 atom stereocenters. The molecule has 0 aliphatic carbocycles. The van der Waals surface area contributed by atoms with Crippen molar-refractivity contribution in [1.29, 1.82) is 0 Å². The summed E-state index contributed by atoms with van der Waals surface area (Å²) in [5, 5.41) is 9.35. The minimum absolute atomic E-state index is 0.195. The first-order valence-corrected chi connectivity index (χ1v) is 8.31. The number of hydrogen-bond donors (Lipinski definition) is 1. The summed E-state index contributed by atoms with van der Waals surface area (Å²) in [6, 6.07) is 4.61.